The molecule has 146 valence electrons. The number of carboxylic acid groups (broad SMARTS) is 1. The van der Waals surface area contributed by atoms with Gasteiger partial charge in [-0.2, -0.15) is 4.31 Å². The molecule has 0 bridgehead atoms. The highest BCUT2D eigenvalue weighted by atomic mass is 32.2. The van der Waals surface area contributed by atoms with E-state index in [1.807, 2.05) is 39.8 Å². The molecule has 0 amide bonds. The minimum Gasteiger partial charge on any atom is -0.480 e. The summed E-state index contributed by atoms with van der Waals surface area (Å²) in [5.74, 6) is -0.717. The fraction of sp³-hybridized carbons (Fsp3) is 0.650. The maximum atomic E-state index is 13.5. The van der Waals surface area contributed by atoms with E-state index in [0.29, 0.717) is 23.7 Å². The summed E-state index contributed by atoms with van der Waals surface area (Å²) in [6.45, 7) is 12.4. The van der Waals surface area contributed by atoms with Crippen molar-refractivity contribution in [2.75, 3.05) is 6.54 Å². The molecule has 2 rings (SSSR count). The average molecular weight is 382 g/mol. The fourth-order valence-corrected chi connectivity index (χ4v) is 5.90. The SMILES string of the molecule is CC(C)c1cc(C(C)C)c(S(=O)(=O)N2CCC[C@H]2C(=O)O)c(C(C)C)c1. The predicted molar refractivity (Wildman–Crippen MR) is 103 cm³/mol. The van der Waals surface area contributed by atoms with E-state index in [1.165, 1.54) is 4.31 Å². The van der Waals surface area contributed by atoms with Crippen LogP contribution in [0.15, 0.2) is 17.0 Å². The zero-order chi connectivity index (χ0) is 19.8. The van der Waals surface area contributed by atoms with Gasteiger partial charge in [0, 0.05) is 6.54 Å². The average Bonchev–Trinajstić information content (AvgIpc) is 3.03. The highest BCUT2D eigenvalue weighted by molar-refractivity contribution is 7.89. The lowest BCUT2D eigenvalue weighted by Gasteiger charge is -2.27. The number of hydrogen-bond acceptors (Lipinski definition) is 3. The van der Waals surface area contributed by atoms with Crippen molar-refractivity contribution in [2.24, 2.45) is 0 Å². The molecule has 1 aliphatic heterocycles. The van der Waals surface area contributed by atoms with Gasteiger partial charge in [0.1, 0.15) is 6.04 Å². The van der Waals surface area contributed by atoms with Crippen LogP contribution in [0.4, 0.5) is 0 Å². The van der Waals surface area contributed by atoms with Gasteiger partial charge in [-0.25, -0.2) is 8.42 Å². The van der Waals surface area contributed by atoms with E-state index < -0.39 is 22.0 Å². The Morgan fingerprint density at radius 2 is 1.54 bits per heavy atom. The lowest BCUT2D eigenvalue weighted by Crippen LogP contribution is -2.41. The van der Waals surface area contributed by atoms with Gasteiger partial charge in [0.25, 0.3) is 0 Å². The molecule has 1 N–H and O–H groups in total. The van der Waals surface area contributed by atoms with Crippen LogP contribution < -0.4 is 0 Å². The first kappa shape index (κ1) is 20.9. The second-order valence-electron chi connectivity index (χ2n) is 8.10. The van der Waals surface area contributed by atoms with Gasteiger partial charge < -0.3 is 5.11 Å². The first-order valence-electron chi connectivity index (χ1n) is 9.40. The minimum atomic E-state index is -3.87. The van der Waals surface area contributed by atoms with Crippen LogP contribution in [0, 0.1) is 0 Å². The van der Waals surface area contributed by atoms with Crippen LogP contribution in [-0.2, 0) is 14.8 Å². The van der Waals surface area contributed by atoms with Crippen molar-refractivity contribution in [3.63, 3.8) is 0 Å². The molecular weight excluding hydrogens is 350 g/mol. The number of carbonyl (C=O) groups is 1. The zero-order valence-corrected chi connectivity index (χ0v) is 17.4. The van der Waals surface area contributed by atoms with E-state index in [9.17, 15) is 18.3 Å². The van der Waals surface area contributed by atoms with Gasteiger partial charge >= 0.3 is 5.97 Å². The molecule has 0 unspecified atom stereocenters. The van der Waals surface area contributed by atoms with E-state index in [0.717, 1.165) is 16.7 Å². The number of benzene rings is 1. The summed E-state index contributed by atoms with van der Waals surface area (Å²) in [5, 5.41) is 9.46. The highest BCUT2D eigenvalue weighted by Gasteiger charge is 2.41. The number of aliphatic carboxylic acids is 1. The van der Waals surface area contributed by atoms with Gasteiger partial charge in [-0.3, -0.25) is 4.79 Å². The van der Waals surface area contributed by atoms with Crippen molar-refractivity contribution in [3.8, 4) is 0 Å². The summed E-state index contributed by atoms with van der Waals surface area (Å²) >= 11 is 0. The van der Waals surface area contributed by atoms with Gasteiger partial charge in [0.2, 0.25) is 10.0 Å². The molecule has 1 aromatic rings. The second kappa shape index (κ2) is 7.69. The van der Waals surface area contributed by atoms with Crippen molar-refractivity contribution in [1.29, 1.82) is 0 Å². The Hall–Kier alpha value is -1.40. The lowest BCUT2D eigenvalue weighted by molar-refractivity contribution is -0.140. The third kappa shape index (κ3) is 3.81. The zero-order valence-electron chi connectivity index (χ0n) is 16.6. The van der Waals surface area contributed by atoms with E-state index in [-0.39, 0.29) is 18.4 Å². The molecule has 6 heteroatoms. The van der Waals surface area contributed by atoms with Gasteiger partial charge in [-0.05, 0) is 47.3 Å². The van der Waals surface area contributed by atoms with Crippen molar-refractivity contribution < 1.29 is 18.3 Å². The van der Waals surface area contributed by atoms with Crippen LogP contribution in [0.5, 0.6) is 0 Å². The molecule has 0 radical (unpaired) electrons. The number of carboxylic acids is 1. The van der Waals surface area contributed by atoms with Crippen LogP contribution in [0.2, 0.25) is 0 Å². The van der Waals surface area contributed by atoms with Gasteiger partial charge in [0.15, 0.2) is 0 Å². The predicted octanol–water partition coefficient (Wildman–Crippen LogP) is 4.29. The lowest BCUT2D eigenvalue weighted by atomic mass is 9.89. The molecule has 1 atom stereocenters. The molecule has 1 saturated heterocycles. The molecule has 5 nitrogen and oxygen atoms in total. The molecule has 0 spiro atoms. The monoisotopic (exact) mass is 381 g/mol. The Morgan fingerprint density at radius 3 is 1.92 bits per heavy atom. The maximum Gasteiger partial charge on any atom is 0.322 e. The molecule has 0 aliphatic carbocycles. The van der Waals surface area contributed by atoms with Crippen molar-refractivity contribution >= 4 is 16.0 Å². The first-order valence-corrected chi connectivity index (χ1v) is 10.8. The number of nitrogens with zero attached hydrogens (tertiary/aromatic N) is 1. The number of sulfonamides is 1. The second-order valence-corrected chi connectivity index (χ2v) is 9.93. The van der Waals surface area contributed by atoms with E-state index in [4.69, 9.17) is 0 Å². The Morgan fingerprint density at radius 1 is 1.04 bits per heavy atom. The Labute approximate surface area is 157 Å². The summed E-state index contributed by atoms with van der Waals surface area (Å²) in [4.78, 5) is 11.9. The molecular formula is C20H31NO4S. The van der Waals surface area contributed by atoms with E-state index in [1.54, 1.807) is 0 Å². The standard InChI is InChI=1S/C20H31NO4S/c1-12(2)15-10-16(13(3)4)19(17(11-15)14(5)6)26(24,25)21-9-7-8-18(21)20(22)23/h10-14,18H,7-9H2,1-6H3,(H,22,23)/t18-/m0/s1. The van der Waals surface area contributed by atoms with Crippen LogP contribution in [0.25, 0.3) is 0 Å². The van der Waals surface area contributed by atoms with Gasteiger partial charge in [-0.1, -0.05) is 53.7 Å². The van der Waals surface area contributed by atoms with Crippen LogP contribution >= 0.6 is 0 Å². The summed E-state index contributed by atoms with van der Waals surface area (Å²) in [6.07, 6.45) is 0.945. The van der Waals surface area contributed by atoms with Crippen LogP contribution in [-0.4, -0.2) is 36.4 Å². The normalized spacial score (nSPS) is 19.0. The first-order chi connectivity index (χ1) is 12.0. The van der Waals surface area contributed by atoms with Gasteiger partial charge in [-0.15, -0.1) is 0 Å². The molecule has 0 saturated carbocycles. The smallest absolute Gasteiger partial charge is 0.322 e. The Bertz CT molecular complexity index is 752. The molecule has 0 aromatic heterocycles. The largest absolute Gasteiger partial charge is 0.480 e. The number of hydrogen-bond donors (Lipinski definition) is 1. The van der Waals surface area contributed by atoms with Crippen LogP contribution in [0.3, 0.4) is 0 Å². The fourth-order valence-electron chi connectivity index (χ4n) is 3.58. The quantitative estimate of drug-likeness (QED) is 0.797. The number of rotatable bonds is 6. The minimum absolute atomic E-state index is 0.0295. The van der Waals surface area contributed by atoms with Crippen molar-refractivity contribution in [3.05, 3.63) is 28.8 Å². The molecule has 1 aliphatic rings. The van der Waals surface area contributed by atoms with Crippen molar-refractivity contribution in [1.82, 2.24) is 4.31 Å². The summed E-state index contributed by atoms with van der Waals surface area (Å²) in [6, 6.07) is 3.00. The van der Waals surface area contributed by atoms with Crippen molar-refractivity contribution in [2.45, 2.75) is 83.1 Å². The van der Waals surface area contributed by atoms with Gasteiger partial charge in [0.05, 0.1) is 4.90 Å². The van der Waals surface area contributed by atoms with Crippen LogP contribution in [0.1, 0.15) is 88.8 Å². The third-order valence-electron chi connectivity index (χ3n) is 5.13. The third-order valence-corrected chi connectivity index (χ3v) is 7.18. The van der Waals surface area contributed by atoms with E-state index >= 15 is 0 Å². The molecule has 1 fully saturated rings. The summed E-state index contributed by atoms with van der Waals surface area (Å²) in [5.41, 5.74) is 2.69. The van der Waals surface area contributed by atoms with E-state index in [2.05, 4.69) is 13.8 Å². The molecule has 26 heavy (non-hydrogen) atoms. The Kier molecular flexibility index (Phi) is 6.18. The Balaban J connectivity index is 2.75. The summed E-state index contributed by atoms with van der Waals surface area (Å²) in [7, 11) is -3.87. The highest BCUT2D eigenvalue weighted by Crippen LogP contribution is 2.38. The topological polar surface area (TPSA) is 74.7 Å². The summed E-state index contributed by atoms with van der Waals surface area (Å²) < 4.78 is 28.3. The molecule has 1 aromatic carbocycles. The molecule has 1 heterocycles. The maximum absolute atomic E-state index is 13.5.